The van der Waals surface area contributed by atoms with Crippen LogP contribution in [0.3, 0.4) is 0 Å². The lowest BCUT2D eigenvalue weighted by atomic mass is 9.97. The first-order valence-electron chi connectivity index (χ1n) is 9.50. The largest absolute Gasteiger partial charge is 0.365 e. The van der Waals surface area contributed by atoms with Gasteiger partial charge in [0.25, 0.3) is 0 Å². The molecule has 0 aromatic carbocycles. The molecule has 4 aromatic heterocycles. The van der Waals surface area contributed by atoms with E-state index in [1.54, 1.807) is 29.9 Å². The van der Waals surface area contributed by atoms with Crippen LogP contribution < -0.4 is 5.32 Å². The molecule has 0 unspecified atom stereocenters. The van der Waals surface area contributed by atoms with Crippen molar-refractivity contribution in [1.29, 1.82) is 0 Å². The normalized spacial score (nSPS) is 13.6. The van der Waals surface area contributed by atoms with Crippen LogP contribution in [0.2, 0.25) is 0 Å². The van der Waals surface area contributed by atoms with Crippen molar-refractivity contribution in [2.45, 2.75) is 39.2 Å². The molecule has 0 spiro atoms. The lowest BCUT2D eigenvalue weighted by Gasteiger charge is -2.13. The van der Waals surface area contributed by atoms with E-state index in [1.807, 2.05) is 17.9 Å². The number of thiophene rings is 1. The van der Waals surface area contributed by atoms with Gasteiger partial charge in [-0.1, -0.05) is 0 Å². The monoisotopic (exact) mass is 391 g/mol. The Balaban J connectivity index is 1.61. The number of hydrogen-bond acceptors (Lipinski definition) is 7. The van der Waals surface area contributed by atoms with Crippen molar-refractivity contribution in [2.24, 2.45) is 7.05 Å². The van der Waals surface area contributed by atoms with Crippen LogP contribution in [0.15, 0.2) is 24.8 Å². The van der Waals surface area contributed by atoms with E-state index in [-0.39, 0.29) is 0 Å². The van der Waals surface area contributed by atoms with E-state index in [9.17, 15) is 0 Å². The summed E-state index contributed by atoms with van der Waals surface area (Å²) < 4.78 is 1.89. The van der Waals surface area contributed by atoms with Crippen molar-refractivity contribution in [3.05, 3.63) is 46.5 Å². The van der Waals surface area contributed by atoms with Gasteiger partial charge in [0.05, 0.1) is 17.8 Å². The minimum Gasteiger partial charge on any atom is -0.365 e. The number of fused-ring (bicyclic) bond motifs is 3. The number of aryl methyl sites for hydroxylation is 3. The van der Waals surface area contributed by atoms with Gasteiger partial charge in [0, 0.05) is 42.1 Å². The van der Waals surface area contributed by atoms with Gasteiger partial charge >= 0.3 is 0 Å². The van der Waals surface area contributed by atoms with E-state index in [0.717, 1.165) is 29.2 Å². The molecule has 0 atom stereocenters. The summed E-state index contributed by atoms with van der Waals surface area (Å²) in [6, 6.07) is 0. The van der Waals surface area contributed by atoms with Crippen molar-refractivity contribution in [2.75, 3.05) is 5.32 Å². The molecule has 0 amide bonds. The minimum absolute atomic E-state index is 0.615. The van der Waals surface area contributed by atoms with E-state index < -0.39 is 0 Å². The zero-order chi connectivity index (χ0) is 19.1. The molecule has 28 heavy (non-hydrogen) atoms. The van der Waals surface area contributed by atoms with E-state index in [1.165, 1.54) is 34.2 Å². The first kappa shape index (κ1) is 17.2. The molecule has 7 nitrogen and oxygen atoms in total. The number of nitrogens with one attached hydrogen (secondary N) is 1. The Hall–Kier alpha value is -2.87. The van der Waals surface area contributed by atoms with Crippen molar-refractivity contribution in [3.8, 4) is 11.5 Å². The summed E-state index contributed by atoms with van der Waals surface area (Å²) in [6.45, 7) is 2.76. The molecule has 8 heteroatoms. The molecule has 0 bridgehead atoms. The van der Waals surface area contributed by atoms with Gasteiger partial charge in [-0.15, -0.1) is 11.3 Å². The van der Waals surface area contributed by atoms with Crippen molar-refractivity contribution < 1.29 is 0 Å². The molecule has 0 radical (unpaired) electrons. The molecule has 1 N–H and O–H groups in total. The van der Waals surface area contributed by atoms with Crippen LogP contribution in [-0.2, 0) is 26.4 Å². The summed E-state index contributed by atoms with van der Waals surface area (Å²) in [5, 5.41) is 9.08. The zero-order valence-corrected chi connectivity index (χ0v) is 16.8. The van der Waals surface area contributed by atoms with Crippen LogP contribution in [0.25, 0.3) is 21.7 Å². The van der Waals surface area contributed by atoms with Gasteiger partial charge in [-0.2, -0.15) is 5.10 Å². The van der Waals surface area contributed by atoms with Crippen LogP contribution in [0.1, 0.15) is 34.5 Å². The van der Waals surface area contributed by atoms with E-state index in [0.29, 0.717) is 18.1 Å². The maximum Gasteiger partial charge on any atom is 0.183 e. The third-order valence-electron chi connectivity index (χ3n) is 5.39. The SMILES string of the molecule is Cc1c(CNc2nc(-c3cnccn3)nc3sc4c(c23)CCCC4)cnn1C. The minimum atomic E-state index is 0.615. The van der Waals surface area contributed by atoms with Crippen molar-refractivity contribution in [1.82, 2.24) is 29.7 Å². The standard InChI is InChI=1S/C20H21N7S/c1-12-13(10-24-27(12)2)9-23-19-17-14-5-3-4-6-16(14)28-20(17)26-18(25-19)15-11-21-7-8-22-15/h7-8,10-11H,3-6,9H2,1-2H3,(H,23,25,26). The lowest BCUT2D eigenvalue weighted by Crippen LogP contribution is -2.06. The van der Waals surface area contributed by atoms with Crippen molar-refractivity contribution >= 4 is 27.4 Å². The van der Waals surface area contributed by atoms with Gasteiger partial charge in [0.2, 0.25) is 0 Å². The number of hydrogen-bond donors (Lipinski definition) is 1. The molecule has 4 heterocycles. The second-order valence-electron chi connectivity index (χ2n) is 7.11. The fourth-order valence-corrected chi connectivity index (χ4v) is 4.97. The number of rotatable bonds is 4. The summed E-state index contributed by atoms with van der Waals surface area (Å²) in [5.74, 6) is 1.50. The maximum absolute atomic E-state index is 4.86. The highest BCUT2D eigenvalue weighted by Crippen LogP contribution is 2.39. The lowest BCUT2D eigenvalue weighted by molar-refractivity contribution is 0.700. The number of nitrogens with zero attached hydrogens (tertiary/aromatic N) is 6. The Labute approximate surface area is 166 Å². The Morgan fingerprint density at radius 1 is 1.14 bits per heavy atom. The van der Waals surface area contributed by atoms with E-state index in [2.05, 4.69) is 27.3 Å². The smallest absolute Gasteiger partial charge is 0.183 e. The van der Waals surface area contributed by atoms with Gasteiger partial charge < -0.3 is 5.32 Å². The van der Waals surface area contributed by atoms with Crippen LogP contribution in [-0.4, -0.2) is 29.7 Å². The van der Waals surface area contributed by atoms with Gasteiger partial charge in [-0.25, -0.2) is 15.0 Å². The Morgan fingerprint density at radius 2 is 2.04 bits per heavy atom. The predicted molar refractivity (Wildman–Crippen MR) is 110 cm³/mol. The maximum atomic E-state index is 4.86. The molecule has 5 rings (SSSR count). The Kier molecular flexibility index (Phi) is 4.27. The molecule has 0 saturated carbocycles. The van der Waals surface area contributed by atoms with Crippen LogP contribution in [0.4, 0.5) is 5.82 Å². The second kappa shape index (κ2) is 6.94. The summed E-state index contributed by atoms with van der Waals surface area (Å²) in [4.78, 5) is 20.7. The molecule has 0 aliphatic heterocycles. The van der Waals surface area contributed by atoms with Crippen LogP contribution in [0.5, 0.6) is 0 Å². The highest BCUT2D eigenvalue weighted by Gasteiger charge is 2.22. The first-order chi connectivity index (χ1) is 13.7. The molecule has 1 aliphatic rings. The van der Waals surface area contributed by atoms with E-state index >= 15 is 0 Å². The highest BCUT2D eigenvalue weighted by atomic mass is 32.1. The summed E-state index contributed by atoms with van der Waals surface area (Å²) in [6.07, 6.45) is 11.7. The third kappa shape index (κ3) is 2.93. The molecular formula is C20H21N7S. The molecule has 0 saturated heterocycles. The first-order valence-corrected chi connectivity index (χ1v) is 10.3. The molecule has 4 aromatic rings. The molecule has 0 fully saturated rings. The van der Waals surface area contributed by atoms with Gasteiger partial charge in [-0.3, -0.25) is 9.67 Å². The van der Waals surface area contributed by atoms with Crippen molar-refractivity contribution in [3.63, 3.8) is 0 Å². The quantitative estimate of drug-likeness (QED) is 0.571. The summed E-state index contributed by atoms with van der Waals surface area (Å²) >= 11 is 1.80. The molecule has 142 valence electrons. The number of aromatic nitrogens is 6. The van der Waals surface area contributed by atoms with Crippen LogP contribution in [0, 0.1) is 6.92 Å². The predicted octanol–water partition coefficient (Wildman–Crippen LogP) is 3.68. The third-order valence-corrected chi connectivity index (χ3v) is 6.58. The average molecular weight is 392 g/mol. The second-order valence-corrected chi connectivity index (χ2v) is 8.19. The van der Waals surface area contributed by atoms with Gasteiger partial charge in [-0.05, 0) is 38.2 Å². The molecular weight excluding hydrogens is 370 g/mol. The average Bonchev–Trinajstić information content (AvgIpc) is 3.27. The van der Waals surface area contributed by atoms with Gasteiger partial charge in [0.1, 0.15) is 16.3 Å². The highest BCUT2D eigenvalue weighted by molar-refractivity contribution is 7.19. The summed E-state index contributed by atoms with van der Waals surface area (Å²) in [7, 11) is 1.96. The van der Waals surface area contributed by atoms with E-state index in [4.69, 9.17) is 9.97 Å². The molecule has 1 aliphatic carbocycles. The Bertz CT molecular complexity index is 1150. The topological polar surface area (TPSA) is 81.4 Å². The van der Waals surface area contributed by atoms with Crippen LogP contribution >= 0.6 is 11.3 Å². The van der Waals surface area contributed by atoms with Gasteiger partial charge in [0.15, 0.2) is 5.82 Å². The fraction of sp³-hybridized carbons (Fsp3) is 0.350. The fourth-order valence-electron chi connectivity index (χ4n) is 3.71. The Morgan fingerprint density at radius 3 is 2.82 bits per heavy atom. The zero-order valence-electron chi connectivity index (χ0n) is 15.9. The summed E-state index contributed by atoms with van der Waals surface area (Å²) in [5.41, 5.74) is 4.43. The number of anilines is 1.